The highest BCUT2D eigenvalue weighted by Crippen LogP contribution is 2.45. The van der Waals surface area contributed by atoms with Gasteiger partial charge in [0.05, 0.1) is 0 Å². The van der Waals surface area contributed by atoms with Crippen LogP contribution >= 0.6 is 0 Å². The van der Waals surface area contributed by atoms with E-state index in [0.29, 0.717) is 18.3 Å². The average Bonchev–Trinajstić information content (AvgIpc) is 2.94. The topological polar surface area (TPSA) is 26.3 Å². The molecule has 2 nitrogen and oxygen atoms in total. The predicted molar refractivity (Wildman–Crippen MR) is 75.7 cm³/mol. The van der Waals surface area contributed by atoms with Crippen molar-refractivity contribution in [3.8, 4) is 0 Å². The number of hydrogen-bond donors (Lipinski definition) is 0. The van der Waals surface area contributed by atoms with Crippen molar-refractivity contribution >= 4 is 5.97 Å². The number of hydrogen-bond acceptors (Lipinski definition) is 2. The number of rotatable bonds is 3. The minimum atomic E-state index is 0.0662. The van der Waals surface area contributed by atoms with Crippen molar-refractivity contribution in [3.05, 3.63) is 12.2 Å². The minimum absolute atomic E-state index is 0.0662. The van der Waals surface area contributed by atoms with Gasteiger partial charge in [0.1, 0.15) is 6.10 Å². The summed E-state index contributed by atoms with van der Waals surface area (Å²) in [6, 6.07) is 0. The van der Waals surface area contributed by atoms with Crippen LogP contribution in [0.15, 0.2) is 12.2 Å². The molecule has 0 N–H and O–H groups in total. The van der Waals surface area contributed by atoms with Crippen molar-refractivity contribution in [1.82, 2.24) is 0 Å². The number of allylic oxidation sites excluding steroid dienone is 2. The van der Waals surface area contributed by atoms with Crippen LogP contribution in [0.25, 0.3) is 0 Å². The highest BCUT2D eigenvalue weighted by atomic mass is 16.5. The van der Waals surface area contributed by atoms with Gasteiger partial charge in [-0.05, 0) is 56.3 Å². The Morgan fingerprint density at radius 3 is 2.37 bits per heavy atom. The zero-order chi connectivity index (χ0) is 13.1. The molecule has 3 unspecified atom stereocenters. The number of carbonyl (C=O) groups excluding carboxylic acids is 1. The molecule has 3 rings (SSSR count). The Kier molecular flexibility index (Phi) is 4.24. The first kappa shape index (κ1) is 13.2. The van der Waals surface area contributed by atoms with Crippen LogP contribution in [-0.2, 0) is 9.53 Å². The number of ether oxygens (including phenoxy) is 1. The van der Waals surface area contributed by atoms with E-state index in [9.17, 15) is 4.79 Å². The van der Waals surface area contributed by atoms with Gasteiger partial charge >= 0.3 is 5.97 Å². The molecule has 2 fully saturated rings. The van der Waals surface area contributed by atoms with Crippen molar-refractivity contribution in [2.75, 3.05) is 0 Å². The number of esters is 1. The molecule has 19 heavy (non-hydrogen) atoms. The van der Waals surface area contributed by atoms with Crippen molar-refractivity contribution < 1.29 is 9.53 Å². The van der Waals surface area contributed by atoms with Gasteiger partial charge in [-0.3, -0.25) is 4.79 Å². The molecule has 0 heterocycles. The van der Waals surface area contributed by atoms with E-state index in [-0.39, 0.29) is 12.1 Å². The van der Waals surface area contributed by atoms with Crippen LogP contribution in [0.5, 0.6) is 0 Å². The lowest BCUT2D eigenvalue weighted by atomic mass is 9.90. The first-order valence-electron chi connectivity index (χ1n) is 8.19. The Hall–Kier alpha value is -0.790. The fourth-order valence-electron chi connectivity index (χ4n) is 4.11. The van der Waals surface area contributed by atoms with Gasteiger partial charge in [0.2, 0.25) is 0 Å². The van der Waals surface area contributed by atoms with Crippen LogP contribution in [-0.4, -0.2) is 12.1 Å². The highest BCUT2D eigenvalue weighted by Gasteiger charge is 2.37. The smallest absolute Gasteiger partial charge is 0.306 e. The first-order chi connectivity index (χ1) is 9.31. The van der Waals surface area contributed by atoms with Gasteiger partial charge in [0, 0.05) is 6.42 Å². The SMILES string of the molecule is O=C(CC1CC2C=CC1C2)OC1CCCCCCC1. The van der Waals surface area contributed by atoms with E-state index in [2.05, 4.69) is 12.2 Å². The summed E-state index contributed by atoms with van der Waals surface area (Å²) in [7, 11) is 0. The third-order valence-corrected chi connectivity index (χ3v) is 5.20. The van der Waals surface area contributed by atoms with Crippen LogP contribution < -0.4 is 0 Å². The average molecular weight is 262 g/mol. The Labute approximate surface area is 116 Å². The maximum absolute atomic E-state index is 12.1. The third kappa shape index (κ3) is 3.40. The second kappa shape index (κ2) is 6.11. The number of carbonyl (C=O) groups is 1. The first-order valence-corrected chi connectivity index (χ1v) is 8.19. The summed E-state index contributed by atoms with van der Waals surface area (Å²) >= 11 is 0. The van der Waals surface area contributed by atoms with Crippen LogP contribution in [0, 0.1) is 17.8 Å². The van der Waals surface area contributed by atoms with Gasteiger partial charge in [-0.2, -0.15) is 0 Å². The maximum Gasteiger partial charge on any atom is 0.306 e. The third-order valence-electron chi connectivity index (χ3n) is 5.20. The molecule has 106 valence electrons. The lowest BCUT2D eigenvalue weighted by Gasteiger charge is -2.22. The Morgan fingerprint density at radius 1 is 1.00 bits per heavy atom. The summed E-state index contributed by atoms with van der Waals surface area (Å²) in [5, 5.41) is 0. The van der Waals surface area contributed by atoms with Gasteiger partial charge < -0.3 is 4.74 Å². The standard InChI is InChI=1S/C17H26O2/c18-17(12-15-11-13-8-9-14(15)10-13)19-16-6-4-2-1-3-5-7-16/h8-9,13-16H,1-7,10-12H2. The van der Waals surface area contributed by atoms with Gasteiger partial charge in [0.25, 0.3) is 0 Å². The van der Waals surface area contributed by atoms with Crippen LogP contribution in [0.2, 0.25) is 0 Å². The van der Waals surface area contributed by atoms with Crippen LogP contribution in [0.1, 0.15) is 64.2 Å². The van der Waals surface area contributed by atoms with E-state index < -0.39 is 0 Å². The van der Waals surface area contributed by atoms with E-state index in [0.717, 1.165) is 18.8 Å². The van der Waals surface area contributed by atoms with E-state index in [1.54, 1.807) is 0 Å². The lowest BCUT2D eigenvalue weighted by Crippen LogP contribution is -2.22. The molecule has 2 bridgehead atoms. The fraction of sp³-hybridized carbons (Fsp3) is 0.824. The summed E-state index contributed by atoms with van der Waals surface area (Å²) in [5.41, 5.74) is 0. The van der Waals surface area contributed by atoms with Gasteiger partial charge in [-0.1, -0.05) is 31.4 Å². The fourth-order valence-corrected chi connectivity index (χ4v) is 4.11. The predicted octanol–water partition coefficient (Wildman–Crippen LogP) is 4.24. The summed E-state index contributed by atoms with van der Waals surface area (Å²) in [4.78, 5) is 12.1. The maximum atomic E-state index is 12.1. The highest BCUT2D eigenvalue weighted by molar-refractivity contribution is 5.70. The normalized spacial score (nSPS) is 35.1. The molecule has 0 aliphatic heterocycles. The summed E-state index contributed by atoms with van der Waals surface area (Å²) in [6.07, 6.45) is 16.6. The molecule has 0 amide bonds. The monoisotopic (exact) mass is 262 g/mol. The Balaban J connectivity index is 1.44. The summed E-state index contributed by atoms with van der Waals surface area (Å²) < 4.78 is 5.73. The zero-order valence-corrected chi connectivity index (χ0v) is 11.9. The molecule has 2 saturated carbocycles. The number of fused-ring (bicyclic) bond motifs is 2. The van der Waals surface area contributed by atoms with E-state index in [4.69, 9.17) is 4.74 Å². The van der Waals surface area contributed by atoms with Crippen LogP contribution in [0.3, 0.4) is 0 Å². The quantitative estimate of drug-likeness (QED) is 0.561. The Bertz CT molecular complexity index is 339. The molecule has 3 aliphatic carbocycles. The van der Waals surface area contributed by atoms with Crippen molar-refractivity contribution in [1.29, 1.82) is 0 Å². The molecule has 0 aromatic carbocycles. The van der Waals surface area contributed by atoms with Gasteiger partial charge in [0.15, 0.2) is 0 Å². The molecule has 3 atom stereocenters. The van der Waals surface area contributed by atoms with Crippen molar-refractivity contribution in [2.45, 2.75) is 70.3 Å². The second-order valence-corrected chi connectivity index (χ2v) is 6.70. The van der Waals surface area contributed by atoms with E-state index in [1.807, 2.05) is 0 Å². The van der Waals surface area contributed by atoms with Gasteiger partial charge in [-0.15, -0.1) is 0 Å². The molecule has 2 heteroatoms. The molecule has 0 spiro atoms. The molecular formula is C17H26O2. The molecule has 3 aliphatic rings. The molecule has 0 radical (unpaired) electrons. The Morgan fingerprint density at radius 2 is 1.74 bits per heavy atom. The largest absolute Gasteiger partial charge is 0.462 e. The zero-order valence-electron chi connectivity index (χ0n) is 11.9. The molecule has 0 aromatic heterocycles. The van der Waals surface area contributed by atoms with E-state index in [1.165, 1.54) is 44.9 Å². The lowest BCUT2D eigenvalue weighted by molar-refractivity contribution is -0.151. The van der Waals surface area contributed by atoms with Crippen molar-refractivity contribution in [3.63, 3.8) is 0 Å². The van der Waals surface area contributed by atoms with Crippen LogP contribution in [0.4, 0.5) is 0 Å². The molecule has 0 aromatic rings. The van der Waals surface area contributed by atoms with Crippen molar-refractivity contribution in [2.24, 2.45) is 17.8 Å². The van der Waals surface area contributed by atoms with Gasteiger partial charge in [-0.25, -0.2) is 0 Å². The van der Waals surface area contributed by atoms with E-state index >= 15 is 0 Å². The summed E-state index contributed by atoms with van der Waals surface area (Å²) in [5.74, 6) is 2.05. The molecule has 0 saturated heterocycles. The summed E-state index contributed by atoms with van der Waals surface area (Å²) in [6.45, 7) is 0. The molecular weight excluding hydrogens is 236 g/mol. The second-order valence-electron chi connectivity index (χ2n) is 6.70. The minimum Gasteiger partial charge on any atom is -0.462 e.